The Hall–Kier alpha value is -0.350. The molecule has 0 heterocycles. The Morgan fingerprint density at radius 1 is 1.00 bits per heavy atom. The molecular weight excluding hydrogens is 399 g/mol. The van der Waals surface area contributed by atoms with Gasteiger partial charge < -0.3 is 0 Å². The largest absolute Gasteiger partial charge is 0.0836 e. The molecule has 0 saturated heterocycles. The van der Waals surface area contributed by atoms with Crippen LogP contribution in [0.15, 0.2) is 54.6 Å². The predicted octanol–water partition coefficient (Wildman–Crippen LogP) is 5.61. The van der Waals surface area contributed by atoms with E-state index < -0.39 is 0 Å². The van der Waals surface area contributed by atoms with E-state index >= 15 is 0 Å². The highest BCUT2D eigenvalue weighted by Gasteiger charge is 2.16. The quantitative estimate of drug-likeness (QED) is 0.450. The minimum atomic E-state index is 0.415. The zero-order chi connectivity index (χ0) is 13.0. The average molecular weight is 415 g/mol. The van der Waals surface area contributed by atoms with E-state index in [0.29, 0.717) is 10.7 Å². The summed E-state index contributed by atoms with van der Waals surface area (Å²) in [7, 11) is 0. The van der Waals surface area contributed by atoms with Gasteiger partial charge in [-0.25, -0.2) is 0 Å². The van der Waals surface area contributed by atoms with Crippen molar-refractivity contribution >= 4 is 38.5 Å². The van der Waals surface area contributed by atoms with Gasteiger partial charge in [-0.1, -0.05) is 65.3 Å². The van der Waals surface area contributed by atoms with Crippen LogP contribution in [0.4, 0.5) is 0 Å². The monoisotopic (exact) mass is 414 g/mol. The highest BCUT2D eigenvalue weighted by Crippen LogP contribution is 2.32. The summed E-state index contributed by atoms with van der Waals surface area (Å²) in [5.74, 6) is 0.576. The first-order valence-electron chi connectivity index (χ1n) is 6.10. The lowest BCUT2D eigenvalue weighted by Gasteiger charge is -2.19. The van der Waals surface area contributed by atoms with Crippen LogP contribution in [0.2, 0.25) is 0 Å². The first-order valence-corrected chi connectivity index (χ1v) is 8.09. The number of hydrogen-bond acceptors (Lipinski definition) is 0. The molecular formula is C16H16BrI. The smallest absolute Gasteiger partial charge is 0.0424 e. The van der Waals surface area contributed by atoms with Crippen LogP contribution < -0.4 is 0 Å². The van der Waals surface area contributed by atoms with Crippen molar-refractivity contribution in [2.75, 3.05) is 0 Å². The molecule has 0 spiro atoms. The van der Waals surface area contributed by atoms with Crippen LogP contribution in [0.25, 0.3) is 0 Å². The molecule has 2 atom stereocenters. The molecule has 2 rings (SSSR count). The van der Waals surface area contributed by atoms with E-state index in [1.807, 2.05) is 0 Å². The lowest BCUT2D eigenvalue weighted by Crippen LogP contribution is -2.07. The first-order chi connectivity index (χ1) is 8.66. The molecule has 0 aliphatic rings. The molecule has 2 aromatic carbocycles. The molecule has 2 aromatic rings. The lowest BCUT2D eigenvalue weighted by molar-refractivity contribution is 0.572. The van der Waals surface area contributed by atoms with Crippen molar-refractivity contribution in [3.05, 3.63) is 69.3 Å². The molecule has 0 amide bonds. The molecule has 2 unspecified atom stereocenters. The molecule has 94 valence electrons. The van der Waals surface area contributed by atoms with Crippen molar-refractivity contribution in [3.63, 3.8) is 0 Å². The summed E-state index contributed by atoms with van der Waals surface area (Å²) >= 11 is 6.17. The first kappa shape index (κ1) is 14.1. The Morgan fingerprint density at radius 2 is 1.61 bits per heavy atom. The van der Waals surface area contributed by atoms with Crippen LogP contribution >= 0.6 is 38.5 Å². The Bertz CT molecular complexity index is 478. The van der Waals surface area contributed by atoms with E-state index in [4.69, 9.17) is 0 Å². The molecule has 0 saturated carbocycles. The van der Waals surface area contributed by atoms with Gasteiger partial charge in [0.05, 0.1) is 0 Å². The summed E-state index contributed by atoms with van der Waals surface area (Å²) in [6.45, 7) is 2.30. The van der Waals surface area contributed by atoms with Gasteiger partial charge in [-0.15, -0.1) is 0 Å². The van der Waals surface area contributed by atoms with E-state index in [9.17, 15) is 0 Å². The standard InChI is InChI=1S/C16H16BrI/c1-12(11-13-7-9-15(18)10-8-13)16(17)14-5-3-2-4-6-14/h2-10,12,16H,11H2,1H3. The third-order valence-corrected chi connectivity index (χ3v) is 5.24. The van der Waals surface area contributed by atoms with E-state index in [1.54, 1.807) is 0 Å². The summed E-state index contributed by atoms with van der Waals surface area (Å²) in [5.41, 5.74) is 2.76. The number of hydrogen-bond donors (Lipinski definition) is 0. The minimum Gasteiger partial charge on any atom is -0.0836 e. The highest BCUT2D eigenvalue weighted by molar-refractivity contribution is 14.1. The molecule has 0 aliphatic carbocycles. The third-order valence-electron chi connectivity index (χ3n) is 3.09. The van der Waals surface area contributed by atoms with E-state index in [-0.39, 0.29) is 0 Å². The molecule has 0 aliphatic heterocycles. The van der Waals surface area contributed by atoms with Crippen LogP contribution in [0.5, 0.6) is 0 Å². The van der Waals surface area contributed by atoms with Crippen LogP contribution in [-0.4, -0.2) is 0 Å². The van der Waals surface area contributed by atoms with Gasteiger partial charge >= 0.3 is 0 Å². The molecule has 18 heavy (non-hydrogen) atoms. The Balaban J connectivity index is 2.03. The van der Waals surface area contributed by atoms with Crippen molar-refractivity contribution in [2.24, 2.45) is 5.92 Å². The van der Waals surface area contributed by atoms with Crippen molar-refractivity contribution in [2.45, 2.75) is 18.2 Å². The van der Waals surface area contributed by atoms with E-state index in [2.05, 4.69) is 100 Å². The maximum Gasteiger partial charge on any atom is 0.0424 e. The number of rotatable bonds is 4. The van der Waals surface area contributed by atoms with Gasteiger partial charge in [0.25, 0.3) is 0 Å². The van der Waals surface area contributed by atoms with Gasteiger partial charge in [0.15, 0.2) is 0 Å². The summed E-state index contributed by atoms with van der Waals surface area (Å²) in [5, 5.41) is 0. The summed E-state index contributed by atoms with van der Waals surface area (Å²) < 4.78 is 1.29. The second-order valence-corrected chi connectivity index (χ2v) is 6.85. The normalized spacial score (nSPS) is 14.2. The predicted molar refractivity (Wildman–Crippen MR) is 90.1 cm³/mol. The molecule has 0 bridgehead atoms. The van der Waals surface area contributed by atoms with Gasteiger partial charge in [0.2, 0.25) is 0 Å². The zero-order valence-corrected chi connectivity index (χ0v) is 14.1. The number of alkyl halides is 1. The van der Waals surface area contributed by atoms with Crippen LogP contribution in [-0.2, 0) is 6.42 Å². The van der Waals surface area contributed by atoms with Gasteiger partial charge in [0.1, 0.15) is 0 Å². The highest BCUT2D eigenvalue weighted by atomic mass is 127. The summed E-state index contributed by atoms with van der Waals surface area (Å²) in [6.07, 6.45) is 1.10. The zero-order valence-electron chi connectivity index (χ0n) is 10.3. The fraction of sp³-hybridized carbons (Fsp3) is 0.250. The SMILES string of the molecule is CC(Cc1ccc(I)cc1)C(Br)c1ccccc1. The van der Waals surface area contributed by atoms with E-state index in [1.165, 1.54) is 14.7 Å². The second kappa shape index (κ2) is 6.71. The Labute approximate surface area is 131 Å². The fourth-order valence-corrected chi connectivity index (χ4v) is 2.91. The molecule has 0 radical (unpaired) electrons. The second-order valence-electron chi connectivity index (χ2n) is 4.62. The average Bonchev–Trinajstić information content (AvgIpc) is 2.41. The maximum absolute atomic E-state index is 3.82. The lowest BCUT2D eigenvalue weighted by atomic mass is 9.94. The van der Waals surface area contributed by atoms with Gasteiger partial charge in [-0.05, 0) is 58.2 Å². The molecule has 0 nitrogen and oxygen atoms in total. The topological polar surface area (TPSA) is 0 Å². The Morgan fingerprint density at radius 3 is 2.22 bits per heavy atom. The summed E-state index contributed by atoms with van der Waals surface area (Å²) in [6, 6.07) is 19.4. The van der Waals surface area contributed by atoms with Gasteiger partial charge in [-0.3, -0.25) is 0 Å². The van der Waals surface area contributed by atoms with E-state index in [0.717, 1.165) is 6.42 Å². The molecule has 0 N–H and O–H groups in total. The Kier molecular flexibility index (Phi) is 5.25. The third kappa shape index (κ3) is 3.82. The van der Waals surface area contributed by atoms with Crippen molar-refractivity contribution in [1.82, 2.24) is 0 Å². The van der Waals surface area contributed by atoms with Crippen LogP contribution in [0.1, 0.15) is 22.9 Å². The van der Waals surface area contributed by atoms with Gasteiger partial charge in [0, 0.05) is 8.40 Å². The molecule has 0 fully saturated rings. The number of benzene rings is 2. The van der Waals surface area contributed by atoms with Crippen LogP contribution in [0, 0.1) is 9.49 Å². The van der Waals surface area contributed by atoms with Crippen molar-refractivity contribution in [3.8, 4) is 0 Å². The number of halogens is 2. The summed E-state index contributed by atoms with van der Waals surface area (Å²) in [4.78, 5) is 0.415. The van der Waals surface area contributed by atoms with Gasteiger partial charge in [-0.2, -0.15) is 0 Å². The minimum absolute atomic E-state index is 0.415. The molecule has 0 aromatic heterocycles. The molecule has 2 heteroatoms. The van der Waals surface area contributed by atoms with Crippen LogP contribution in [0.3, 0.4) is 0 Å². The van der Waals surface area contributed by atoms with Crippen molar-refractivity contribution < 1.29 is 0 Å². The fourth-order valence-electron chi connectivity index (χ4n) is 2.06. The maximum atomic E-state index is 3.82. The van der Waals surface area contributed by atoms with Crippen molar-refractivity contribution in [1.29, 1.82) is 0 Å².